The highest BCUT2D eigenvalue weighted by molar-refractivity contribution is 5.92. The minimum atomic E-state index is -0.395. The molecule has 1 heterocycles. The average molecular weight is 251 g/mol. The number of rotatable bonds is 6. The van der Waals surface area contributed by atoms with Crippen molar-refractivity contribution >= 4 is 5.91 Å². The highest BCUT2D eigenvalue weighted by atomic mass is 16.3. The first-order valence-electron chi connectivity index (χ1n) is 6.59. The molecule has 5 nitrogen and oxygen atoms in total. The quantitative estimate of drug-likeness (QED) is 0.798. The zero-order valence-corrected chi connectivity index (χ0v) is 11.0. The predicted molar refractivity (Wildman–Crippen MR) is 68.3 cm³/mol. The van der Waals surface area contributed by atoms with Crippen LogP contribution < -0.4 is 0 Å². The second-order valence-electron chi connectivity index (χ2n) is 5.12. The van der Waals surface area contributed by atoms with Crippen LogP contribution in [0.15, 0.2) is 6.07 Å². The van der Waals surface area contributed by atoms with Gasteiger partial charge in [-0.05, 0) is 31.2 Å². The smallest absolute Gasteiger partial charge is 0.274 e. The van der Waals surface area contributed by atoms with Crippen molar-refractivity contribution < 1.29 is 9.90 Å². The van der Waals surface area contributed by atoms with E-state index in [1.165, 1.54) is 0 Å². The average Bonchev–Trinajstić information content (AvgIpc) is 3.10. The molecule has 1 aliphatic carbocycles. The summed E-state index contributed by atoms with van der Waals surface area (Å²) in [7, 11) is 1.71. The molecule has 0 saturated heterocycles. The number of aryl methyl sites for hydroxylation is 1. The molecule has 2 N–H and O–H groups in total. The van der Waals surface area contributed by atoms with Gasteiger partial charge in [0.2, 0.25) is 0 Å². The van der Waals surface area contributed by atoms with Crippen LogP contribution in [-0.4, -0.2) is 45.8 Å². The summed E-state index contributed by atoms with van der Waals surface area (Å²) in [6.07, 6.45) is 3.67. The van der Waals surface area contributed by atoms with Crippen LogP contribution >= 0.6 is 0 Å². The number of aromatic nitrogens is 2. The zero-order valence-electron chi connectivity index (χ0n) is 11.0. The van der Waals surface area contributed by atoms with Gasteiger partial charge in [0.05, 0.1) is 6.10 Å². The number of hydrogen-bond donors (Lipinski definition) is 2. The second-order valence-corrected chi connectivity index (χ2v) is 5.12. The van der Waals surface area contributed by atoms with Crippen molar-refractivity contribution in [3.8, 4) is 0 Å². The summed E-state index contributed by atoms with van der Waals surface area (Å²) in [4.78, 5) is 13.6. The maximum Gasteiger partial charge on any atom is 0.274 e. The van der Waals surface area contributed by atoms with Gasteiger partial charge in [-0.2, -0.15) is 5.10 Å². The molecule has 1 aromatic heterocycles. The lowest BCUT2D eigenvalue weighted by Gasteiger charge is -2.19. The lowest BCUT2D eigenvalue weighted by atomic mass is 10.2. The van der Waals surface area contributed by atoms with E-state index in [4.69, 9.17) is 0 Å². The van der Waals surface area contributed by atoms with E-state index in [9.17, 15) is 9.90 Å². The topological polar surface area (TPSA) is 69.2 Å². The molecule has 1 amide bonds. The third-order valence-electron chi connectivity index (χ3n) is 3.34. The van der Waals surface area contributed by atoms with Crippen LogP contribution in [0.1, 0.15) is 42.4 Å². The Labute approximate surface area is 107 Å². The van der Waals surface area contributed by atoms with Gasteiger partial charge in [0.1, 0.15) is 5.69 Å². The normalized spacial score (nSPS) is 16.6. The molecule has 100 valence electrons. The Kier molecular flexibility index (Phi) is 4.01. The number of hydrogen-bond acceptors (Lipinski definition) is 3. The fourth-order valence-corrected chi connectivity index (χ4v) is 2.06. The van der Waals surface area contributed by atoms with Crippen molar-refractivity contribution in [3.63, 3.8) is 0 Å². The van der Waals surface area contributed by atoms with Gasteiger partial charge >= 0.3 is 0 Å². The molecule has 1 fully saturated rings. The third kappa shape index (κ3) is 3.10. The van der Waals surface area contributed by atoms with E-state index in [0.717, 1.165) is 31.4 Å². The first kappa shape index (κ1) is 13.1. The first-order chi connectivity index (χ1) is 8.61. The molecule has 1 atom stereocenters. The van der Waals surface area contributed by atoms with E-state index in [1.54, 1.807) is 18.0 Å². The number of amides is 1. The van der Waals surface area contributed by atoms with Gasteiger partial charge in [0.25, 0.3) is 5.91 Å². The van der Waals surface area contributed by atoms with Gasteiger partial charge in [-0.3, -0.25) is 9.89 Å². The molecule has 1 saturated carbocycles. The standard InChI is InChI=1S/C13H21N3O2/c1-3-4-10-7-11(15-14-10)13(18)16(2)8-12(17)9-5-6-9/h7,9,12,17H,3-6,8H2,1-2H3,(H,14,15). The Morgan fingerprint density at radius 2 is 2.39 bits per heavy atom. The monoisotopic (exact) mass is 251 g/mol. The van der Waals surface area contributed by atoms with Crippen molar-refractivity contribution in [2.24, 2.45) is 5.92 Å². The van der Waals surface area contributed by atoms with E-state index in [2.05, 4.69) is 17.1 Å². The minimum absolute atomic E-state index is 0.131. The molecule has 0 aliphatic heterocycles. The molecule has 0 spiro atoms. The molecule has 1 unspecified atom stereocenters. The Balaban J connectivity index is 1.91. The number of aliphatic hydroxyl groups excluding tert-OH is 1. The summed E-state index contributed by atoms with van der Waals surface area (Å²) in [6, 6.07) is 1.80. The van der Waals surface area contributed by atoms with E-state index >= 15 is 0 Å². The molecule has 0 radical (unpaired) electrons. The SMILES string of the molecule is CCCc1cc(C(=O)N(C)CC(O)C2CC2)n[nH]1. The Morgan fingerprint density at radius 3 is 3.00 bits per heavy atom. The molecule has 1 aliphatic rings. The third-order valence-corrected chi connectivity index (χ3v) is 3.34. The lowest BCUT2D eigenvalue weighted by Crippen LogP contribution is -2.35. The molecular formula is C13H21N3O2. The maximum absolute atomic E-state index is 12.1. The second kappa shape index (κ2) is 5.52. The summed E-state index contributed by atoms with van der Waals surface area (Å²) in [5, 5.41) is 16.7. The number of H-pyrrole nitrogens is 1. The van der Waals surface area contributed by atoms with E-state index in [1.807, 2.05) is 0 Å². The van der Waals surface area contributed by atoms with Crippen LogP contribution in [0.4, 0.5) is 0 Å². The van der Waals surface area contributed by atoms with E-state index in [-0.39, 0.29) is 5.91 Å². The van der Waals surface area contributed by atoms with Gasteiger partial charge in [-0.15, -0.1) is 0 Å². The summed E-state index contributed by atoms with van der Waals surface area (Å²) in [5.74, 6) is 0.253. The van der Waals surface area contributed by atoms with Crippen LogP contribution in [0.25, 0.3) is 0 Å². The van der Waals surface area contributed by atoms with Crippen LogP contribution in [0.2, 0.25) is 0 Å². The maximum atomic E-state index is 12.1. The lowest BCUT2D eigenvalue weighted by molar-refractivity contribution is 0.0640. The van der Waals surface area contributed by atoms with Crippen molar-refractivity contribution in [2.45, 2.75) is 38.7 Å². The van der Waals surface area contributed by atoms with E-state index < -0.39 is 6.10 Å². The molecule has 5 heteroatoms. The van der Waals surface area contributed by atoms with Crippen molar-refractivity contribution in [1.82, 2.24) is 15.1 Å². The predicted octanol–water partition coefficient (Wildman–Crippen LogP) is 1.21. The number of aromatic amines is 1. The molecule has 1 aromatic rings. The Hall–Kier alpha value is -1.36. The Bertz CT molecular complexity index is 412. The van der Waals surface area contributed by atoms with Gasteiger partial charge < -0.3 is 10.0 Å². The van der Waals surface area contributed by atoms with Gasteiger partial charge in [0.15, 0.2) is 0 Å². The van der Waals surface area contributed by atoms with Gasteiger partial charge in [-0.1, -0.05) is 13.3 Å². The fraction of sp³-hybridized carbons (Fsp3) is 0.692. The highest BCUT2D eigenvalue weighted by Crippen LogP contribution is 2.32. The number of nitrogens with one attached hydrogen (secondary N) is 1. The summed E-state index contributed by atoms with van der Waals surface area (Å²) < 4.78 is 0. The number of likely N-dealkylation sites (N-methyl/N-ethyl adjacent to an activating group) is 1. The first-order valence-corrected chi connectivity index (χ1v) is 6.59. The molecule has 0 bridgehead atoms. The van der Waals surface area contributed by atoms with Crippen LogP contribution in [-0.2, 0) is 6.42 Å². The summed E-state index contributed by atoms with van der Waals surface area (Å²) >= 11 is 0. The van der Waals surface area contributed by atoms with Gasteiger partial charge in [0, 0.05) is 19.3 Å². The van der Waals surface area contributed by atoms with Crippen molar-refractivity contribution in [1.29, 1.82) is 0 Å². The number of aliphatic hydroxyl groups is 1. The molecular weight excluding hydrogens is 230 g/mol. The fourth-order valence-electron chi connectivity index (χ4n) is 2.06. The Morgan fingerprint density at radius 1 is 1.67 bits per heavy atom. The van der Waals surface area contributed by atoms with Crippen molar-refractivity contribution in [3.05, 3.63) is 17.5 Å². The van der Waals surface area contributed by atoms with Crippen molar-refractivity contribution in [2.75, 3.05) is 13.6 Å². The summed E-state index contributed by atoms with van der Waals surface area (Å²) in [6.45, 7) is 2.47. The molecule has 18 heavy (non-hydrogen) atoms. The van der Waals surface area contributed by atoms with Crippen LogP contribution in [0, 0.1) is 5.92 Å². The highest BCUT2D eigenvalue weighted by Gasteiger charge is 2.31. The largest absolute Gasteiger partial charge is 0.391 e. The molecule has 2 rings (SSSR count). The number of carbonyl (C=O) groups is 1. The van der Waals surface area contributed by atoms with Crippen LogP contribution in [0.5, 0.6) is 0 Å². The zero-order chi connectivity index (χ0) is 13.1. The number of nitrogens with zero attached hydrogens (tertiary/aromatic N) is 2. The summed E-state index contributed by atoms with van der Waals surface area (Å²) in [5.41, 5.74) is 1.42. The van der Waals surface area contributed by atoms with Crippen LogP contribution in [0.3, 0.4) is 0 Å². The van der Waals surface area contributed by atoms with Gasteiger partial charge in [-0.25, -0.2) is 0 Å². The number of carbonyl (C=O) groups excluding carboxylic acids is 1. The minimum Gasteiger partial charge on any atom is -0.391 e. The van der Waals surface area contributed by atoms with E-state index in [0.29, 0.717) is 18.2 Å². The molecule has 0 aromatic carbocycles.